The van der Waals surface area contributed by atoms with Gasteiger partial charge < -0.3 is 15.1 Å². The molecule has 0 radical (unpaired) electrons. The molecule has 1 aromatic carbocycles. The van der Waals surface area contributed by atoms with Crippen LogP contribution in [0.1, 0.15) is 19.8 Å². The molecule has 2 saturated heterocycles. The van der Waals surface area contributed by atoms with Crippen LogP contribution in [0.2, 0.25) is 0 Å². The Morgan fingerprint density at radius 3 is 2.44 bits per heavy atom. The summed E-state index contributed by atoms with van der Waals surface area (Å²) < 4.78 is 13.0. The first-order valence-electron chi connectivity index (χ1n) is 8.95. The van der Waals surface area contributed by atoms with Crippen molar-refractivity contribution in [2.45, 2.75) is 25.3 Å². The molecule has 2 N–H and O–H groups in total. The molecule has 2 heterocycles. The third kappa shape index (κ3) is 2.97. The van der Waals surface area contributed by atoms with Crippen molar-refractivity contribution in [1.29, 1.82) is 0 Å². The highest BCUT2D eigenvalue weighted by molar-refractivity contribution is 6.07. The summed E-state index contributed by atoms with van der Waals surface area (Å²) in [6.45, 7) is 5.61. The van der Waals surface area contributed by atoms with Crippen LogP contribution < -0.4 is 15.1 Å². The van der Waals surface area contributed by atoms with E-state index >= 15 is 0 Å². The van der Waals surface area contributed by atoms with Crippen LogP contribution in [0.5, 0.6) is 0 Å². The molecule has 0 unspecified atom stereocenters. The molecule has 1 aliphatic carbocycles. The van der Waals surface area contributed by atoms with Gasteiger partial charge in [0, 0.05) is 5.69 Å². The fraction of sp³-hybridized carbons (Fsp3) is 0.556. The van der Waals surface area contributed by atoms with Gasteiger partial charge in [0.2, 0.25) is 0 Å². The van der Waals surface area contributed by atoms with Crippen LogP contribution in [0.4, 0.5) is 14.9 Å². The zero-order chi connectivity index (χ0) is 17.6. The molecule has 3 fully saturated rings. The third-order valence-corrected chi connectivity index (χ3v) is 5.74. The molecule has 0 bridgehead atoms. The highest BCUT2D eigenvalue weighted by Gasteiger charge is 2.56. The van der Waals surface area contributed by atoms with E-state index in [0.717, 1.165) is 44.7 Å². The van der Waals surface area contributed by atoms with E-state index in [1.54, 1.807) is 12.1 Å². The SMILES string of the molecule is C[C@@]1(C2CC2)NC(=O)N(C[NH+]2CCN(c3ccc(F)cc3)CC2)C1=O. The summed E-state index contributed by atoms with van der Waals surface area (Å²) in [6.07, 6.45) is 2.03. The Kier molecular flexibility index (Phi) is 3.91. The van der Waals surface area contributed by atoms with Gasteiger partial charge in [-0.2, -0.15) is 0 Å². The van der Waals surface area contributed by atoms with Crippen molar-refractivity contribution in [3.63, 3.8) is 0 Å². The van der Waals surface area contributed by atoms with E-state index in [1.165, 1.54) is 21.9 Å². The van der Waals surface area contributed by atoms with Crippen molar-refractivity contribution < 1.29 is 18.9 Å². The summed E-state index contributed by atoms with van der Waals surface area (Å²) in [7, 11) is 0. The predicted molar refractivity (Wildman–Crippen MR) is 90.7 cm³/mol. The number of hydrogen-bond acceptors (Lipinski definition) is 3. The number of quaternary nitrogens is 1. The minimum atomic E-state index is -0.702. The average Bonchev–Trinajstić information content (AvgIpc) is 3.43. The Labute approximate surface area is 146 Å². The fourth-order valence-corrected chi connectivity index (χ4v) is 3.91. The Balaban J connectivity index is 1.35. The number of nitrogens with zero attached hydrogens (tertiary/aromatic N) is 2. The lowest BCUT2D eigenvalue weighted by atomic mass is 9.96. The van der Waals surface area contributed by atoms with Gasteiger partial charge in [0.05, 0.1) is 26.2 Å². The molecule has 3 aliphatic rings. The monoisotopic (exact) mass is 347 g/mol. The van der Waals surface area contributed by atoms with Crippen LogP contribution in [-0.2, 0) is 4.79 Å². The molecule has 1 saturated carbocycles. The predicted octanol–water partition coefficient (Wildman–Crippen LogP) is 0.209. The lowest BCUT2D eigenvalue weighted by molar-refractivity contribution is -0.907. The van der Waals surface area contributed by atoms with Gasteiger partial charge in [-0.3, -0.25) is 4.79 Å². The molecule has 0 aromatic heterocycles. The van der Waals surface area contributed by atoms with E-state index in [9.17, 15) is 14.0 Å². The molecule has 0 spiro atoms. The van der Waals surface area contributed by atoms with Crippen LogP contribution in [-0.4, -0.2) is 55.2 Å². The fourth-order valence-electron chi connectivity index (χ4n) is 3.91. The number of anilines is 1. The molecule has 1 atom stereocenters. The Morgan fingerprint density at radius 2 is 1.84 bits per heavy atom. The van der Waals surface area contributed by atoms with Gasteiger partial charge >= 0.3 is 6.03 Å². The number of halogens is 1. The number of rotatable bonds is 4. The van der Waals surface area contributed by atoms with Crippen molar-refractivity contribution in [3.05, 3.63) is 30.1 Å². The second-order valence-electron chi connectivity index (χ2n) is 7.51. The number of urea groups is 1. The lowest BCUT2D eigenvalue weighted by Crippen LogP contribution is -3.16. The Morgan fingerprint density at radius 1 is 1.20 bits per heavy atom. The van der Waals surface area contributed by atoms with Gasteiger partial charge in [-0.1, -0.05) is 0 Å². The van der Waals surface area contributed by atoms with Crippen molar-refractivity contribution in [2.24, 2.45) is 5.92 Å². The maximum Gasteiger partial charge on any atom is 0.329 e. The number of carbonyl (C=O) groups excluding carboxylic acids is 2. The smallest absolute Gasteiger partial charge is 0.329 e. The maximum absolute atomic E-state index is 13.0. The third-order valence-electron chi connectivity index (χ3n) is 5.74. The molecule has 4 rings (SSSR count). The van der Waals surface area contributed by atoms with Crippen LogP contribution >= 0.6 is 0 Å². The zero-order valence-electron chi connectivity index (χ0n) is 14.4. The molecule has 7 heteroatoms. The van der Waals surface area contributed by atoms with Gasteiger partial charge in [0.15, 0.2) is 6.67 Å². The molecule has 3 amide bonds. The average molecular weight is 347 g/mol. The first-order valence-corrected chi connectivity index (χ1v) is 8.95. The van der Waals surface area contributed by atoms with Crippen molar-refractivity contribution in [3.8, 4) is 0 Å². The largest absolute Gasteiger partial charge is 0.360 e. The van der Waals surface area contributed by atoms with Crippen molar-refractivity contribution >= 4 is 17.6 Å². The van der Waals surface area contributed by atoms with E-state index in [4.69, 9.17) is 0 Å². The summed E-state index contributed by atoms with van der Waals surface area (Å²) in [5.41, 5.74) is 0.309. The summed E-state index contributed by atoms with van der Waals surface area (Å²) in [4.78, 5) is 29.8. The first kappa shape index (κ1) is 16.3. The number of benzene rings is 1. The second kappa shape index (κ2) is 5.98. The van der Waals surface area contributed by atoms with Gasteiger partial charge in [-0.25, -0.2) is 14.1 Å². The molecular formula is C18H24FN4O2+. The number of piperazine rings is 1. The van der Waals surface area contributed by atoms with Crippen molar-refractivity contribution in [2.75, 3.05) is 37.7 Å². The summed E-state index contributed by atoms with van der Waals surface area (Å²) in [6, 6.07) is 6.27. The van der Waals surface area contributed by atoms with Crippen molar-refractivity contribution in [1.82, 2.24) is 10.2 Å². The summed E-state index contributed by atoms with van der Waals surface area (Å²) >= 11 is 0. The van der Waals surface area contributed by atoms with Crippen LogP contribution in [0.15, 0.2) is 24.3 Å². The van der Waals surface area contributed by atoms with Gasteiger partial charge in [0.1, 0.15) is 11.4 Å². The minimum absolute atomic E-state index is 0.0755. The van der Waals surface area contributed by atoms with E-state index < -0.39 is 5.54 Å². The Hall–Kier alpha value is -2.15. The van der Waals surface area contributed by atoms with Gasteiger partial charge in [-0.05, 0) is 49.9 Å². The quantitative estimate of drug-likeness (QED) is 0.766. The molecule has 6 nitrogen and oxygen atoms in total. The lowest BCUT2D eigenvalue weighted by Gasteiger charge is -2.34. The summed E-state index contributed by atoms with van der Waals surface area (Å²) in [5.74, 6) is -0.0157. The molecule has 2 aliphatic heterocycles. The molecule has 1 aromatic rings. The first-order chi connectivity index (χ1) is 12.0. The standard InChI is InChI=1S/C18H23FN4O2/c1-18(13-2-3-13)16(24)23(17(25)20-18)12-21-8-10-22(11-9-21)15-6-4-14(19)5-7-15/h4-7,13H,2-3,8-12H2,1H3,(H,20,25)/p+1/t18-/m0/s1. The summed E-state index contributed by atoms with van der Waals surface area (Å²) in [5, 5.41) is 2.90. The van der Waals surface area contributed by atoms with Gasteiger partial charge in [0.25, 0.3) is 5.91 Å². The number of carbonyl (C=O) groups is 2. The van der Waals surface area contributed by atoms with Crippen LogP contribution in [0.25, 0.3) is 0 Å². The topological polar surface area (TPSA) is 57.1 Å². The highest BCUT2D eigenvalue weighted by atomic mass is 19.1. The number of imide groups is 1. The van der Waals surface area contributed by atoms with Crippen LogP contribution in [0.3, 0.4) is 0 Å². The molecular weight excluding hydrogens is 323 g/mol. The number of nitrogens with one attached hydrogen (secondary N) is 2. The highest BCUT2D eigenvalue weighted by Crippen LogP contribution is 2.42. The van der Waals surface area contributed by atoms with E-state index in [0.29, 0.717) is 12.6 Å². The van der Waals surface area contributed by atoms with E-state index in [1.807, 2.05) is 6.92 Å². The van der Waals surface area contributed by atoms with E-state index in [2.05, 4.69) is 10.2 Å². The van der Waals surface area contributed by atoms with Gasteiger partial charge in [-0.15, -0.1) is 0 Å². The molecule has 25 heavy (non-hydrogen) atoms. The Bertz CT molecular complexity index is 683. The maximum atomic E-state index is 13.0. The normalized spacial score (nSPS) is 27.8. The second-order valence-corrected chi connectivity index (χ2v) is 7.51. The zero-order valence-corrected chi connectivity index (χ0v) is 14.4. The molecule has 134 valence electrons. The van der Waals surface area contributed by atoms with Crippen LogP contribution in [0, 0.1) is 11.7 Å². The minimum Gasteiger partial charge on any atom is -0.360 e. The number of amides is 3. The number of hydrogen-bond donors (Lipinski definition) is 2. The van der Waals surface area contributed by atoms with E-state index in [-0.39, 0.29) is 17.8 Å².